The zero-order chi connectivity index (χ0) is 37.2. The second-order valence-corrected chi connectivity index (χ2v) is 27.9. The van der Waals surface area contributed by atoms with Crippen molar-refractivity contribution in [2.24, 2.45) is 23.7 Å². The largest absolute Gasteiger partial charge is 0.478 e. The lowest BCUT2D eigenvalue weighted by atomic mass is 9.66. The highest BCUT2D eigenvalue weighted by Crippen LogP contribution is 2.47. The molecule has 9 heteroatoms. The molecule has 1 aliphatic heterocycles. The Morgan fingerprint density at radius 3 is 2.14 bits per heavy atom. The minimum Gasteiger partial charge on any atom is -0.478 e. The molecule has 280 valence electrons. The summed E-state index contributed by atoms with van der Waals surface area (Å²) in [7, 11) is -4.15. The number of para-hydroxylation sites is 1. The molecule has 1 aromatic rings. The SMILES string of the molecule is CC1C=CC2=CC(O[Si](C)(C)C(C)(C)C)CC(OC(=O)[C@@H](Oc3ccccc3)C(C)C)C2C1CC[C@@H]1C[C@@H](O[Si](C)(C)C(C)(C)C)CC(=O)O1. The molecule has 7 nitrogen and oxygen atoms in total. The molecule has 1 fully saturated rings. The van der Waals surface area contributed by atoms with Gasteiger partial charge in [0, 0.05) is 24.7 Å². The van der Waals surface area contributed by atoms with E-state index in [-0.39, 0.29) is 70.1 Å². The van der Waals surface area contributed by atoms with Crippen LogP contribution in [0, 0.1) is 23.7 Å². The highest BCUT2D eigenvalue weighted by atomic mass is 28.4. The molecule has 0 spiro atoms. The van der Waals surface area contributed by atoms with Gasteiger partial charge in [0.15, 0.2) is 22.7 Å². The van der Waals surface area contributed by atoms with Crippen molar-refractivity contribution in [1.82, 2.24) is 0 Å². The van der Waals surface area contributed by atoms with Crippen LogP contribution in [-0.2, 0) is 27.9 Å². The number of allylic oxidation sites excluding steroid dienone is 2. The highest BCUT2D eigenvalue weighted by Gasteiger charge is 2.47. The Hall–Kier alpha value is -2.21. The summed E-state index contributed by atoms with van der Waals surface area (Å²) in [4.78, 5) is 26.9. The lowest BCUT2D eigenvalue weighted by Gasteiger charge is -2.46. The second kappa shape index (κ2) is 15.8. The molecule has 0 amide bonds. The molecule has 8 atom stereocenters. The molecule has 0 radical (unpaired) electrons. The van der Waals surface area contributed by atoms with Crippen LogP contribution >= 0.6 is 0 Å². The van der Waals surface area contributed by atoms with E-state index >= 15 is 0 Å². The Bertz CT molecular complexity index is 1370. The first-order valence-corrected chi connectivity index (χ1v) is 24.8. The van der Waals surface area contributed by atoms with Crippen LogP contribution < -0.4 is 4.74 Å². The summed E-state index contributed by atoms with van der Waals surface area (Å²) in [5, 5.41) is 0.112. The van der Waals surface area contributed by atoms with Gasteiger partial charge in [-0.25, -0.2) is 4.79 Å². The fraction of sp³-hybridized carbons (Fsp3) is 0.707. The summed E-state index contributed by atoms with van der Waals surface area (Å²) >= 11 is 0. The van der Waals surface area contributed by atoms with E-state index < -0.39 is 22.7 Å². The molecule has 5 unspecified atom stereocenters. The van der Waals surface area contributed by atoms with E-state index in [1.54, 1.807) is 0 Å². The first-order chi connectivity index (χ1) is 23.1. The lowest BCUT2D eigenvalue weighted by molar-refractivity contribution is -0.166. The van der Waals surface area contributed by atoms with Crippen LogP contribution in [0.5, 0.6) is 5.75 Å². The molecule has 1 heterocycles. The summed E-state index contributed by atoms with van der Waals surface area (Å²) in [5.41, 5.74) is 1.17. The van der Waals surface area contributed by atoms with Crippen molar-refractivity contribution in [1.29, 1.82) is 0 Å². The van der Waals surface area contributed by atoms with Gasteiger partial charge in [-0.2, -0.15) is 0 Å². The third kappa shape index (κ3) is 10.0. The molecule has 50 heavy (non-hydrogen) atoms. The van der Waals surface area contributed by atoms with Crippen LogP contribution in [0.4, 0.5) is 0 Å². The first kappa shape index (κ1) is 40.6. The summed E-state index contributed by atoms with van der Waals surface area (Å²) in [6.45, 7) is 28.7. The van der Waals surface area contributed by atoms with Gasteiger partial charge in [0.25, 0.3) is 0 Å². The molecule has 1 aromatic carbocycles. The fourth-order valence-corrected chi connectivity index (χ4v) is 9.65. The number of hydrogen-bond acceptors (Lipinski definition) is 7. The quantitative estimate of drug-likeness (QED) is 0.157. The van der Waals surface area contributed by atoms with E-state index in [9.17, 15) is 9.59 Å². The maximum Gasteiger partial charge on any atom is 0.347 e. The van der Waals surface area contributed by atoms with Gasteiger partial charge in [-0.3, -0.25) is 4.79 Å². The number of carbonyl (C=O) groups excluding carboxylic acids is 2. The van der Waals surface area contributed by atoms with Crippen LogP contribution in [0.3, 0.4) is 0 Å². The van der Waals surface area contributed by atoms with Crippen LogP contribution in [0.1, 0.15) is 94.4 Å². The molecule has 3 aliphatic rings. The molecule has 1 saturated heterocycles. The van der Waals surface area contributed by atoms with Gasteiger partial charge < -0.3 is 23.1 Å². The molecule has 0 bridgehead atoms. The number of cyclic esters (lactones) is 1. The third-order valence-corrected chi connectivity index (χ3v) is 21.1. The van der Waals surface area contributed by atoms with E-state index in [1.165, 1.54) is 5.57 Å². The highest BCUT2D eigenvalue weighted by molar-refractivity contribution is 6.74. The molecule has 0 aromatic heterocycles. The van der Waals surface area contributed by atoms with Crippen molar-refractivity contribution in [3.63, 3.8) is 0 Å². The van der Waals surface area contributed by atoms with E-state index in [1.807, 2.05) is 44.2 Å². The third-order valence-electron chi connectivity index (χ3n) is 12.0. The zero-order valence-electron chi connectivity index (χ0n) is 33.2. The van der Waals surface area contributed by atoms with Gasteiger partial charge in [0.2, 0.25) is 0 Å². The number of ether oxygens (including phenoxy) is 3. The summed E-state index contributed by atoms with van der Waals surface area (Å²) in [6, 6.07) is 9.49. The molecule has 4 rings (SSSR count). The molecular weight excluding hydrogens is 661 g/mol. The Morgan fingerprint density at radius 1 is 0.920 bits per heavy atom. The predicted octanol–water partition coefficient (Wildman–Crippen LogP) is 10.0. The summed E-state index contributed by atoms with van der Waals surface area (Å²) < 4.78 is 32.4. The smallest absolute Gasteiger partial charge is 0.347 e. The molecule has 0 saturated carbocycles. The minimum atomic E-state index is -2.11. The molecular formula is C41H66O7Si2. The van der Waals surface area contributed by atoms with E-state index in [2.05, 4.69) is 92.9 Å². The predicted molar refractivity (Wildman–Crippen MR) is 206 cm³/mol. The standard InChI is InChI=1S/C41H66O7Si2/c1-27(2)38(45-30-17-15-14-16-18-30)39(43)46-35-25-32(47-49(10,11)40(4,5)6)23-29-20-19-28(3)34(37(29)35)22-21-31-24-33(26-36(42)44-31)48-50(12,13)41(7,8)9/h14-20,23,27-28,31-35,37-38H,21-22,24-26H2,1-13H3/t28?,31-,32?,33-,34?,35?,37?,38+/m1/s1. The van der Waals surface area contributed by atoms with Gasteiger partial charge in [-0.15, -0.1) is 0 Å². The maximum atomic E-state index is 14.0. The van der Waals surface area contributed by atoms with Crippen LogP contribution in [-0.4, -0.2) is 59.1 Å². The van der Waals surface area contributed by atoms with Gasteiger partial charge in [0.1, 0.15) is 18.0 Å². The number of hydrogen-bond donors (Lipinski definition) is 0. The number of benzene rings is 1. The van der Waals surface area contributed by atoms with Crippen LogP contribution in [0.15, 0.2) is 54.1 Å². The summed E-state index contributed by atoms with van der Waals surface area (Å²) in [5.74, 6) is 0.522. The monoisotopic (exact) mass is 726 g/mol. The Kier molecular flexibility index (Phi) is 12.8. The first-order valence-electron chi connectivity index (χ1n) is 18.9. The molecule has 0 N–H and O–H groups in total. The van der Waals surface area contributed by atoms with E-state index in [0.29, 0.717) is 18.6 Å². The Balaban J connectivity index is 1.58. The van der Waals surface area contributed by atoms with E-state index in [0.717, 1.165) is 19.3 Å². The van der Waals surface area contributed by atoms with Crippen molar-refractivity contribution in [3.05, 3.63) is 54.1 Å². The van der Waals surface area contributed by atoms with Crippen molar-refractivity contribution in [2.75, 3.05) is 0 Å². The number of rotatable bonds is 12. The number of esters is 2. The fourth-order valence-electron chi connectivity index (χ4n) is 7.01. The lowest BCUT2D eigenvalue weighted by Crippen LogP contribution is -2.49. The van der Waals surface area contributed by atoms with Crippen molar-refractivity contribution in [3.8, 4) is 5.75 Å². The van der Waals surface area contributed by atoms with Gasteiger partial charge in [-0.1, -0.05) is 98.7 Å². The summed E-state index contributed by atoms with van der Waals surface area (Å²) in [6.07, 6.45) is 8.43. The van der Waals surface area contributed by atoms with Gasteiger partial charge >= 0.3 is 11.9 Å². The number of carbonyl (C=O) groups is 2. The van der Waals surface area contributed by atoms with Crippen molar-refractivity contribution in [2.45, 2.75) is 161 Å². The molecule has 2 aliphatic carbocycles. The number of fused-ring (bicyclic) bond motifs is 1. The van der Waals surface area contributed by atoms with Crippen molar-refractivity contribution >= 4 is 28.6 Å². The van der Waals surface area contributed by atoms with Crippen LogP contribution in [0.2, 0.25) is 36.3 Å². The Labute approximate surface area is 305 Å². The van der Waals surface area contributed by atoms with E-state index in [4.69, 9.17) is 23.1 Å². The Morgan fingerprint density at radius 2 is 1.54 bits per heavy atom. The normalized spacial score (nSPS) is 28.4. The zero-order valence-corrected chi connectivity index (χ0v) is 35.2. The van der Waals surface area contributed by atoms with Gasteiger partial charge in [0.05, 0.1) is 18.6 Å². The maximum absolute atomic E-state index is 14.0. The van der Waals surface area contributed by atoms with Crippen molar-refractivity contribution < 1.29 is 32.7 Å². The minimum absolute atomic E-state index is 0.00123. The average molecular weight is 727 g/mol. The van der Waals surface area contributed by atoms with Gasteiger partial charge in [-0.05, 0) is 78.6 Å². The van der Waals surface area contributed by atoms with Crippen LogP contribution in [0.25, 0.3) is 0 Å². The second-order valence-electron chi connectivity index (χ2n) is 18.4. The average Bonchev–Trinajstić information content (AvgIpc) is 2.98. The topological polar surface area (TPSA) is 80.3 Å².